The highest BCUT2D eigenvalue weighted by atomic mass is 16.6. The molecule has 0 heterocycles. The van der Waals surface area contributed by atoms with Crippen LogP contribution in [-0.2, 0) is 16.1 Å². The van der Waals surface area contributed by atoms with Crippen LogP contribution in [0.4, 0.5) is 5.69 Å². The molecule has 0 saturated heterocycles. The van der Waals surface area contributed by atoms with Crippen LogP contribution in [0.25, 0.3) is 0 Å². The smallest absolute Gasteiger partial charge is 0.306 e. The van der Waals surface area contributed by atoms with E-state index >= 15 is 0 Å². The summed E-state index contributed by atoms with van der Waals surface area (Å²) >= 11 is 0. The quantitative estimate of drug-likeness (QED) is 0.661. The molecule has 0 amide bonds. The van der Waals surface area contributed by atoms with E-state index in [-0.39, 0.29) is 24.3 Å². The second-order valence-electron chi connectivity index (χ2n) is 5.01. The van der Waals surface area contributed by atoms with Crippen LogP contribution < -0.4 is 0 Å². The summed E-state index contributed by atoms with van der Waals surface area (Å²) < 4.78 is 5.69. The standard InChI is InChI=1S/C14H17NO5/c16-14(17)10-5-7-12(8-6-10)20-9-11-3-1-2-4-13(11)15(18)19/h1-4,10,12H,5-9H2,(H,16,17). The zero-order valence-electron chi connectivity index (χ0n) is 11.0. The summed E-state index contributed by atoms with van der Waals surface area (Å²) in [5.74, 6) is -1.02. The molecule has 1 aliphatic rings. The third-order valence-electron chi connectivity index (χ3n) is 3.69. The molecule has 0 unspecified atom stereocenters. The number of nitro groups is 1. The van der Waals surface area contributed by atoms with Crippen LogP contribution in [-0.4, -0.2) is 22.1 Å². The Balaban J connectivity index is 1.88. The summed E-state index contributed by atoms with van der Waals surface area (Å²) in [5.41, 5.74) is 0.615. The first-order valence-electron chi connectivity index (χ1n) is 6.64. The van der Waals surface area contributed by atoms with Gasteiger partial charge in [0.1, 0.15) is 0 Å². The number of hydrogen-bond acceptors (Lipinski definition) is 4. The molecule has 108 valence electrons. The van der Waals surface area contributed by atoms with E-state index in [0.29, 0.717) is 31.2 Å². The molecule has 0 radical (unpaired) electrons. The Bertz CT molecular complexity index is 494. The summed E-state index contributed by atoms with van der Waals surface area (Å²) in [5, 5.41) is 19.8. The molecule has 1 saturated carbocycles. The molecule has 0 aliphatic heterocycles. The van der Waals surface area contributed by atoms with Gasteiger partial charge in [0.2, 0.25) is 0 Å². The first-order chi connectivity index (χ1) is 9.58. The Morgan fingerprint density at radius 2 is 1.95 bits per heavy atom. The Kier molecular flexibility index (Phi) is 4.68. The summed E-state index contributed by atoms with van der Waals surface area (Å²) in [6, 6.07) is 6.51. The summed E-state index contributed by atoms with van der Waals surface area (Å²) in [6.07, 6.45) is 2.59. The highest BCUT2D eigenvalue weighted by Gasteiger charge is 2.26. The first-order valence-corrected chi connectivity index (χ1v) is 6.64. The molecule has 0 aromatic heterocycles. The fourth-order valence-electron chi connectivity index (χ4n) is 2.50. The predicted molar refractivity (Wildman–Crippen MR) is 71.3 cm³/mol. The van der Waals surface area contributed by atoms with Crippen molar-refractivity contribution in [2.24, 2.45) is 5.92 Å². The van der Waals surface area contributed by atoms with Crippen LogP contribution in [0.1, 0.15) is 31.2 Å². The van der Waals surface area contributed by atoms with Gasteiger partial charge in [0.15, 0.2) is 0 Å². The van der Waals surface area contributed by atoms with Gasteiger partial charge in [-0.1, -0.05) is 12.1 Å². The fourth-order valence-corrected chi connectivity index (χ4v) is 2.50. The molecule has 0 atom stereocenters. The number of nitro benzene ring substituents is 1. The first kappa shape index (κ1) is 14.5. The second-order valence-corrected chi connectivity index (χ2v) is 5.01. The predicted octanol–water partition coefficient (Wildman–Crippen LogP) is 2.75. The van der Waals surface area contributed by atoms with Crippen molar-refractivity contribution >= 4 is 11.7 Å². The van der Waals surface area contributed by atoms with Crippen molar-refractivity contribution in [2.45, 2.75) is 38.4 Å². The molecule has 1 N–H and O–H groups in total. The van der Waals surface area contributed by atoms with E-state index in [2.05, 4.69) is 0 Å². The van der Waals surface area contributed by atoms with Gasteiger partial charge in [-0.25, -0.2) is 0 Å². The van der Waals surface area contributed by atoms with Crippen molar-refractivity contribution in [2.75, 3.05) is 0 Å². The van der Waals surface area contributed by atoms with Crippen molar-refractivity contribution in [1.29, 1.82) is 0 Å². The minimum absolute atomic E-state index is 0.00888. The van der Waals surface area contributed by atoms with E-state index < -0.39 is 10.9 Å². The Morgan fingerprint density at radius 1 is 1.30 bits per heavy atom. The maximum Gasteiger partial charge on any atom is 0.306 e. The third kappa shape index (κ3) is 3.54. The van der Waals surface area contributed by atoms with Crippen molar-refractivity contribution in [1.82, 2.24) is 0 Å². The van der Waals surface area contributed by atoms with Crippen molar-refractivity contribution < 1.29 is 19.6 Å². The van der Waals surface area contributed by atoms with Crippen LogP contribution in [0.3, 0.4) is 0 Å². The zero-order valence-corrected chi connectivity index (χ0v) is 11.0. The highest BCUT2D eigenvalue weighted by molar-refractivity contribution is 5.70. The van der Waals surface area contributed by atoms with E-state index in [1.54, 1.807) is 18.2 Å². The molecule has 0 spiro atoms. The lowest BCUT2D eigenvalue weighted by Crippen LogP contribution is -2.26. The van der Waals surface area contributed by atoms with Crippen molar-refractivity contribution in [3.63, 3.8) is 0 Å². The van der Waals surface area contributed by atoms with Gasteiger partial charge in [0.25, 0.3) is 5.69 Å². The van der Waals surface area contributed by atoms with Gasteiger partial charge in [0.05, 0.1) is 29.1 Å². The Morgan fingerprint density at radius 3 is 2.55 bits per heavy atom. The number of hydrogen-bond donors (Lipinski definition) is 1. The van der Waals surface area contributed by atoms with Gasteiger partial charge >= 0.3 is 5.97 Å². The fraction of sp³-hybridized carbons (Fsp3) is 0.500. The number of carbonyl (C=O) groups is 1. The molecule has 1 aromatic carbocycles. The lowest BCUT2D eigenvalue weighted by atomic mass is 9.87. The largest absolute Gasteiger partial charge is 0.481 e. The van der Waals surface area contributed by atoms with Crippen molar-refractivity contribution in [3.05, 3.63) is 39.9 Å². The lowest BCUT2D eigenvalue weighted by Gasteiger charge is -2.26. The molecular weight excluding hydrogens is 262 g/mol. The summed E-state index contributed by atoms with van der Waals surface area (Å²) in [4.78, 5) is 21.3. The number of aliphatic carboxylic acids is 1. The molecule has 1 aromatic rings. The average Bonchev–Trinajstić information content (AvgIpc) is 2.45. The molecule has 1 fully saturated rings. The van der Waals surface area contributed by atoms with Crippen LogP contribution in [0.2, 0.25) is 0 Å². The van der Waals surface area contributed by atoms with Crippen LogP contribution in [0, 0.1) is 16.0 Å². The molecule has 1 aliphatic carbocycles. The summed E-state index contributed by atoms with van der Waals surface area (Å²) in [6.45, 7) is 0.194. The number of carboxylic acids is 1. The number of para-hydroxylation sites is 1. The van der Waals surface area contributed by atoms with Crippen LogP contribution in [0.15, 0.2) is 24.3 Å². The molecule has 2 rings (SSSR count). The Hall–Kier alpha value is -1.95. The number of benzene rings is 1. The second kappa shape index (κ2) is 6.47. The van der Waals surface area contributed by atoms with Gasteiger partial charge in [-0.3, -0.25) is 14.9 Å². The average molecular weight is 279 g/mol. The van der Waals surface area contributed by atoms with E-state index in [1.165, 1.54) is 6.07 Å². The van der Waals surface area contributed by atoms with Crippen molar-refractivity contribution in [3.8, 4) is 0 Å². The minimum atomic E-state index is -0.748. The number of rotatable bonds is 5. The minimum Gasteiger partial charge on any atom is -0.481 e. The number of carboxylic acid groups (broad SMARTS) is 1. The molecule has 20 heavy (non-hydrogen) atoms. The maximum atomic E-state index is 10.9. The van der Waals surface area contributed by atoms with Gasteiger partial charge in [-0.15, -0.1) is 0 Å². The molecular formula is C14H17NO5. The van der Waals surface area contributed by atoms with E-state index in [1.807, 2.05) is 0 Å². The number of nitrogens with zero attached hydrogens (tertiary/aromatic N) is 1. The summed E-state index contributed by atoms with van der Waals surface area (Å²) in [7, 11) is 0. The van der Waals surface area contributed by atoms with Gasteiger partial charge in [-0.2, -0.15) is 0 Å². The zero-order chi connectivity index (χ0) is 14.5. The van der Waals surface area contributed by atoms with Crippen LogP contribution in [0.5, 0.6) is 0 Å². The van der Waals surface area contributed by atoms with E-state index in [4.69, 9.17) is 9.84 Å². The van der Waals surface area contributed by atoms with Gasteiger partial charge in [-0.05, 0) is 31.7 Å². The SMILES string of the molecule is O=C(O)C1CCC(OCc2ccccc2[N+](=O)[O-])CC1. The van der Waals surface area contributed by atoms with E-state index in [9.17, 15) is 14.9 Å². The normalized spacial score (nSPS) is 22.4. The molecule has 0 bridgehead atoms. The maximum absolute atomic E-state index is 10.9. The van der Waals surface area contributed by atoms with Gasteiger partial charge in [0, 0.05) is 6.07 Å². The molecule has 6 nitrogen and oxygen atoms in total. The monoisotopic (exact) mass is 279 g/mol. The van der Waals surface area contributed by atoms with Gasteiger partial charge < -0.3 is 9.84 Å². The Labute approximate surface area is 116 Å². The van der Waals surface area contributed by atoms with E-state index in [0.717, 1.165) is 0 Å². The number of ether oxygens (including phenoxy) is 1. The molecule has 6 heteroatoms. The lowest BCUT2D eigenvalue weighted by molar-refractivity contribution is -0.386. The highest BCUT2D eigenvalue weighted by Crippen LogP contribution is 2.28. The van der Waals surface area contributed by atoms with Crippen LogP contribution >= 0.6 is 0 Å². The third-order valence-corrected chi connectivity index (χ3v) is 3.69. The topological polar surface area (TPSA) is 89.7 Å².